The number of rotatable bonds is 5. The fourth-order valence-electron chi connectivity index (χ4n) is 2.47. The second kappa shape index (κ2) is 7.35. The summed E-state index contributed by atoms with van der Waals surface area (Å²) in [5.74, 6) is -0.0832. The standard InChI is InChI=1S/C19H19NO6/c1-11-3-5-15(21)14(7-11)19(23)26-12(2)18(22)20-9-13-4-6-16-17(8-13)25-10-24-16/h3-8,12,21H,9-10H2,1-2H3,(H,20,22)/t12-/m1/s1. The lowest BCUT2D eigenvalue weighted by molar-refractivity contribution is -0.129. The third kappa shape index (κ3) is 3.88. The lowest BCUT2D eigenvalue weighted by Gasteiger charge is -2.14. The van der Waals surface area contributed by atoms with E-state index < -0.39 is 18.0 Å². The molecule has 0 aromatic heterocycles. The Labute approximate surface area is 150 Å². The van der Waals surface area contributed by atoms with Crippen LogP contribution in [0.4, 0.5) is 0 Å². The first-order valence-electron chi connectivity index (χ1n) is 8.11. The van der Waals surface area contributed by atoms with Crippen LogP contribution in [0, 0.1) is 6.92 Å². The Morgan fingerprint density at radius 1 is 1.19 bits per heavy atom. The predicted molar refractivity (Wildman–Crippen MR) is 92.1 cm³/mol. The minimum Gasteiger partial charge on any atom is -0.507 e. The molecule has 0 aliphatic carbocycles. The van der Waals surface area contributed by atoms with Crippen LogP contribution in [-0.2, 0) is 16.1 Å². The summed E-state index contributed by atoms with van der Waals surface area (Å²) in [6.07, 6.45) is -1.00. The van der Waals surface area contributed by atoms with Crippen LogP contribution < -0.4 is 14.8 Å². The number of esters is 1. The fraction of sp³-hybridized carbons (Fsp3) is 0.263. The molecule has 0 saturated carbocycles. The average molecular weight is 357 g/mol. The van der Waals surface area contributed by atoms with Gasteiger partial charge >= 0.3 is 5.97 Å². The van der Waals surface area contributed by atoms with Crippen LogP contribution in [0.5, 0.6) is 17.2 Å². The van der Waals surface area contributed by atoms with E-state index in [0.29, 0.717) is 11.5 Å². The Morgan fingerprint density at radius 2 is 1.96 bits per heavy atom. The molecule has 26 heavy (non-hydrogen) atoms. The highest BCUT2D eigenvalue weighted by atomic mass is 16.7. The molecule has 0 bridgehead atoms. The van der Waals surface area contributed by atoms with Crippen LogP contribution >= 0.6 is 0 Å². The SMILES string of the molecule is Cc1ccc(O)c(C(=O)O[C@H](C)C(=O)NCc2ccc3c(c2)OCO3)c1. The number of phenols is 1. The Morgan fingerprint density at radius 3 is 2.77 bits per heavy atom. The zero-order chi connectivity index (χ0) is 18.7. The van der Waals surface area contributed by atoms with E-state index in [1.807, 2.05) is 6.07 Å². The first-order chi connectivity index (χ1) is 12.4. The number of aromatic hydroxyl groups is 1. The number of hydrogen-bond acceptors (Lipinski definition) is 6. The molecule has 2 aromatic carbocycles. The van der Waals surface area contributed by atoms with Crippen molar-refractivity contribution in [1.82, 2.24) is 5.32 Å². The van der Waals surface area contributed by atoms with Gasteiger partial charge in [0.05, 0.1) is 0 Å². The number of amides is 1. The molecule has 0 saturated heterocycles. The summed E-state index contributed by atoms with van der Waals surface area (Å²) in [6.45, 7) is 3.70. The Bertz CT molecular complexity index is 848. The molecule has 7 nitrogen and oxygen atoms in total. The van der Waals surface area contributed by atoms with Gasteiger partial charge in [0.15, 0.2) is 17.6 Å². The first kappa shape index (κ1) is 17.6. The third-order valence-corrected chi connectivity index (χ3v) is 3.93. The summed E-state index contributed by atoms with van der Waals surface area (Å²) in [5.41, 5.74) is 1.66. The van der Waals surface area contributed by atoms with Gasteiger partial charge in [0, 0.05) is 6.54 Å². The smallest absolute Gasteiger partial charge is 0.342 e. The van der Waals surface area contributed by atoms with E-state index in [1.165, 1.54) is 19.1 Å². The van der Waals surface area contributed by atoms with E-state index in [4.69, 9.17) is 14.2 Å². The molecular formula is C19H19NO6. The predicted octanol–water partition coefficient (Wildman–Crippen LogP) is 2.29. The van der Waals surface area contributed by atoms with Gasteiger partial charge in [-0.25, -0.2) is 4.79 Å². The maximum atomic E-state index is 12.2. The molecule has 1 amide bonds. The monoisotopic (exact) mass is 357 g/mol. The number of phenolic OH excluding ortho intramolecular Hbond substituents is 1. The first-order valence-corrected chi connectivity index (χ1v) is 8.11. The van der Waals surface area contributed by atoms with Crippen LogP contribution in [0.25, 0.3) is 0 Å². The molecule has 2 aromatic rings. The number of carbonyl (C=O) groups excluding carboxylic acids is 2. The highest BCUT2D eigenvalue weighted by molar-refractivity contribution is 5.94. The van der Waals surface area contributed by atoms with E-state index in [9.17, 15) is 14.7 Å². The minimum atomic E-state index is -1.00. The summed E-state index contributed by atoms with van der Waals surface area (Å²) in [7, 11) is 0. The van der Waals surface area contributed by atoms with Crippen LogP contribution in [0.1, 0.15) is 28.4 Å². The quantitative estimate of drug-likeness (QED) is 0.798. The zero-order valence-corrected chi connectivity index (χ0v) is 14.4. The molecule has 1 atom stereocenters. The zero-order valence-electron chi connectivity index (χ0n) is 14.4. The summed E-state index contributed by atoms with van der Waals surface area (Å²) in [5, 5.41) is 12.5. The van der Waals surface area contributed by atoms with Gasteiger partial charge in [0.1, 0.15) is 11.3 Å². The third-order valence-electron chi connectivity index (χ3n) is 3.93. The van der Waals surface area contributed by atoms with Crippen molar-refractivity contribution < 1.29 is 28.9 Å². The van der Waals surface area contributed by atoms with Gasteiger partial charge in [-0.1, -0.05) is 17.7 Å². The maximum absolute atomic E-state index is 12.2. The molecule has 0 radical (unpaired) electrons. The van der Waals surface area contributed by atoms with Gasteiger partial charge in [-0.15, -0.1) is 0 Å². The molecule has 136 valence electrons. The van der Waals surface area contributed by atoms with Crippen LogP contribution in [-0.4, -0.2) is 29.9 Å². The van der Waals surface area contributed by atoms with E-state index in [0.717, 1.165) is 11.1 Å². The molecule has 0 spiro atoms. The highest BCUT2D eigenvalue weighted by Crippen LogP contribution is 2.32. The van der Waals surface area contributed by atoms with E-state index in [-0.39, 0.29) is 24.7 Å². The van der Waals surface area contributed by atoms with Gasteiger partial charge in [-0.2, -0.15) is 0 Å². The second-order valence-corrected chi connectivity index (χ2v) is 5.97. The normalized spacial score (nSPS) is 13.2. The molecular weight excluding hydrogens is 338 g/mol. The van der Waals surface area contributed by atoms with E-state index in [2.05, 4.69) is 5.32 Å². The molecule has 2 N–H and O–H groups in total. The molecule has 1 heterocycles. The van der Waals surface area contributed by atoms with Gasteiger partial charge < -0.3 is 24.6 Å². The van der Waals surface area contributed by atoms with Crippen LogP contribution in [0.3, 0.4) is 0 Å². The molecule has 1 aliphatic rings. The number of hydrogen-bond donors (Lipinski definition) is 2. The molecule has 1 aliphatic heterocycles. The number of benzene rings is 2. The van der Waals surface area contributed by atoms with Gasteiger partial charge in [-0.3, -0.25) is 4.79 Å². The summed E-state index contributed by atoms with van der Waals surface area (Å²) in [4.78, 5) is 24.3. The van der Waals surface area contributed by atoms with Crippen molar-refractivity contribution in [3.8, 4) is 17.2 Å². The molecule has 7 heteroatoms. The van der Waals surface area contributed by atoms with Crippen molar-refractivity contribution >= 4 is 11.9 Å². The number of nitrogens with one attached hydrogen (secondary N) is 1. The lowest BCUT2D eigenvalue weighted by atomic mass is 10.1. The lowest BCUT2D eigenvalue weighted by Crippen LogP contribution is -2.35. The van der Waals surface area contributed by atoms with Gasteiger partial charge in [0.2, 0.25) is 6.79 Å². The Hall–Kier alpha value is -3.22. The highest BCUT2D eigenvalue weighted by Gasteiger charge is 2.21. The summed E-state index contributed by atoms with van der Waals surface area (Å²) >= 11 is 0. The number of aryl methyl sites for hydroxylation is 1. The number of fused-ring (bicyclic) bond motifs is 1. The van der Waals surface area contributed by atoms with Crippen molar-refractivity contribution in [2.45, 2.75) is 26.5 Å². The van der Waals surface area contributed by atoms with Crippen molar-refractivity contribution in [2.24, 2.45) is 0 Å². The molecule has 0 fully saturated rings. The maximum Gasteiger partial charge on any atom is 0.342 e. The summed E-state index contributed by atoms with van der Waals surface area (Å²) < 4.78 is 15.7. The summed E-state index contributed by atoms with van der Waals surface area (Å²) in [6, 6.07) is 9.96. The van der Waals surface area contributed by atoms with E-state index in [1.54, 1.807) is 25.1 Å². The largest absolute Gasteiger partial charge is 0.507 e. The van der Waals surface area contributed by atoms with Gasteiger partial charge in [-0.05, 0) is 43.7 Å². The van der Waals surface area contributed by atoms with Crippen molar-refractivity contribution in [3.05, 3.63) is 53.1 Å². The molecule has 3 rings (SSSR count). The van der Waals surface area contributed by atoms with Crippen LogP contribution in [0.15, 0.2) is 36.4 Å². The second-order valence-electron chi connectivity index (χ2n) is 5.97. The Kier molecular flexibility index (Phi) is 4.97. The topological polar surface area (TPSA) is 94.1 Å². The fourth-order valence-corrected chi connectivity index (χ4v) is 2.47. The van der Waals surface area contributed by atoms with E-state index >= 15 is 0 Å². The molecule has 0 unspecified atom stereocenters. The number of ether oxygens (including phenoxy) is 3. The average Bonchev–Trinajstić information content (AvgIpc) is 3.09. The van der Waals surface area contributed by atoms with Crippen molar-refractivity contribution in [1.29, 1.82) is 0 Å². The van der Waals surface area contributed by atoms with Gasteiger partial charge in [0.25, 0.3) is 5.91 Å². The van der Waals surface area contributed by atoms with Crippen molar-refractivity contribution in [2.75, 3.05) is 6.79 Å². The number of carbonyl (C=O) groups is 2. The van der Waals surface area contributed by atoms with Crippen LogP contribution in [0.2, 0.25) is 0 Å². The minimum absolute atomic E-state index is 0.0282. The van der Waals surface area contributed by atoms with Crippen molar-refractivity contribution in [3.63, 3.8) is 0 Å². The Balaban J connectivity index is 1.56.